The summed E-state index contributed by atoms with van der Waals surface area (Å²) in [5.41, 5.74) is 2.11. The molecule has 192 valence electrons. The first-order chi connectivity index (χ1) is 18.1. The lowest BCUT2D eigenvalue weighted by atomic mass is 9.94. The van der Waals surface area contributed by atoms with Crippen molar-refractivity contribution in [3.05, 3.63) is 78.3 Å². The molecule has 9 heteroatoms. The van der Waals surface area contributed by atoms with Crippen LogP contribution in [0.5, 0.6) is 5.75 Å². The first-order valence-electron chi connectivity index (χ1n) is 12.7. The third-order valence-corrected chi connectivity index (χ3v) is 6.85. The average Bonchev–Trinajstić information content (AvgIpc) is 3.59. The Morgan fingerprint density at radius 2 is 1.95 bits per heavy atom. The molecule has 37 heavy (non-hydrogen) atoms. The maximum absolute atomic E-state index is 13.9. The lowest BCUT2D eigenvalue weighted by Gasteiger charge is -2.33. The number of ether oxygens (including phenoxy) is 1. The Labute approximate surface area is 215 Å². The van der Waals surface area contributed by atoms with E-state index in [4.69, 9.17) is 9.15 Å². The summed E-state index contributed by atoms with van der Waals surface area (Å²) < 4.78 is 12.6. The first-order valence-corrected chi connectivity index (χ1v) is 12.7. The summed E-state index contributed by atoms with van der Waals surface area (Å²) in [5.74, 6) is 0.693. The quantitative estimate of drug-likeness (QED) is 0.368. The van der Waals surface area contributed by atoms with Crippen LogP contribution in [0.2, 0.25) is 0 Å². The number of furan rings is 1. The molecule has 9 nitrogen and oxygen atoms in total. The Balaban J connectivity index is 1.51. The van der Waals surface area contributed by atoms with Gasteiger partial charge in [0.1, 0.15) is 29.6 Å². The summed E-state index contributed by atoms with van der Waals surface area (Å²) in [6.45, 7) is 0.0524. The van der Waals surface area contributed by atoms with Crippen molar-refractivity contribution in [3.63, 3.8) is 0 Å². The standard InChI is InChI=1S/C28H31N5O4/c1-36-22-12-7-9-20(17-22)27(28(35)29-21-10-3-2-4-11-21)32(18-23-13-8-16-37-23)26(34)19-33-25-15-6-5-14-24(25)30-31-33/h5-9,12-17,21,27H,2-4,10-11,18-19H2,1H3,(H,29,35)/t27-/m1/s1. The van der Waals surface area contributed by atoms with Crippen molar-refractivity contribution < 1.29 is 18.7 Å². The van der Waals surface area contributed by atoms with Gasteiger partial charge in [-0.1, -0.05) is 48.7 Å². The van der Waals surface area contributed by atoms with E-state index in [0.717, 1.165) is 31.2 Å². The second kappa shape index (κ2) is 11.3. The maximum atomic E-state index is 13.9. The molecule has 1 aliphatic rings. The summed E-state index contributed by atoms with van der Waals surface area (Å²) >= 11 is 0. The lowest BCUT2D eigenvalue weighted by molar-refractivity contribution is -0.142. The second-order valence-electron chi connectivity index (χ2n) is 9.36. The molecule has 1 aliphatic carbocycles. The van der Waals surface area contributed by atoms with Crippen LogP contribution >= 0.6 is 0 Å². The molecular weight excluding hydrogens is 470 g/mol. The zero-order chi connectivity index (χ0) is 25.6. The molecule has 0 radical (unpaired) electrons. The molecule has 1 atom stereocenters. The van der Waals surface area contributed by atoms with E-state index in [1.165, 1.54) is 6.42 Å². The maximum Gasteiger partial charge on any atom is 0.247 e. The van der Waals surface area contributed by atoms with Crippen molar-refractivity contribution in [3.8, 4) is 5.75 Å². The average molecular weight is 502 g/mol. The fourth-order valence-electron chi connectivity index (χ4n) is 4.96. The van der Waals surface area contributed by atoms with Gasteiger partial charge < -0.3 is 19.4 Å². The molecule has 5 rings (SSSR count). The number of nitrogens with zero attached hydrogens (tertiary/aromatic N) is 4. The number of methoxy groups -OCH3 is 1. The molecule has 0 aliphatic heterocycles. The summed E-state index contributed by atoms with van der Waals surface area (Å²) in [5, 5.41) is 11.6. The molecule has 2 aromatic carbocycles. The first kappa shape index (κ1) is 24.5. The monoisotopic (exact) mass is 501 g/mol. The van der Waals surface area contributed by atoms with E-state index in [-0.39, 0.29) is 30.9 Å². The van der Waals surface area contributed by atoms with Crippen LogP contribution in [0.1, 0.15) is 49.5 Å². The van der Waals surface area contributed by atoms with Crippen LogP contribution in [0, 0.1) is 0 Å². The van der Waals surface area contributed by atoms with Crippen molar-refractivity contribution in [1.29, 1.82) is 0 Å². The van der Waals surface area contributed by atoms with Gasteiger partial charge in [0.15, 0.2) is 0 Å². The fourth-order valence-corrected chi connectivity index (χ4v) is 4.96. The van der Waals surface area contributed by atoms with E-state index in [9.17, 15) is 9.59 Å². The molecular formula is C28H31N5O4. The number of amides is 2. The molecule has 0 bridgehead atoms. The fraction of sp³-hybridized carbons (Fsp3) is 0.357. The Morgan fingerprint density at radius 3 is 2.73 bits per heavy atom. The predicted octanol–water partition coefficient (Wildman–Crippen LogP) is 4.25. The van der Waals surface area contributed by atoms with E-state index in [1.807, 2.05) is 42.5 Å². The highest BCUT2D eigenvalue weighted by Gasteiger charge is 2.34. The molecule has 1 N–H and O–H groups in total. The minimum Gasteiger partial charge on any atom is -0.497 e. The molecule has 2 aromatic heterocycles. The molecule has 0 unspecified atom stereocenters. The Bertz CT molecular complexity index is 1340. The third kappa shape index (κ3) is 5.66. The van der Waals surface area contributed by atoms with Gasteiger partial charge in [-0.05, 0) is 54.8 Å². The second-order valence-corrected chi connectivity index (χ2v) is 9.36. The molecule has 1 fully saturated rings. The van der Waals surface area contributed by atoms with E-state index in [0.29, 0.717) is 22.6 Å². The van der Waals surface area contributed by atoms with Gasteiger partial charge in [0.2, 0.25) is 11.8 Å². The van der Waals surface area contributed by atoms with Crippen molar-refractivity contribution in [1.82, 2.24) is 25.2 Å². The number of para-hydroxylation sites is 1. The lowest BCUT2D eigenvalue weighted by Crippen LogP contribution is -2.47. The number of carbonyl (C=O) groups excluding carboxylic acids is 2. The number of nitrogens with one attached hydrogen (secondary N) is 1. The molecule has 4 aromatic rings. The highest BCUT2D eigenvalue weighted by atomic mass is 16.5. The number of hydrogen-bond donors (Lipinski definition) is 1. The minimum absolute atomic E-state index is 0.0710. The molecule has 0 spiro atoms. The van der Waals surface area contributed by atoms with Crippen LogP contribution in [0.25, 0.3) is 11.0 Å². The Morgan fingerprint density at radius 1 is 1.11 bits per heavy atom. The number of benzene rings is 2. The molecule has 2 heterocycles. The number of fused-ring (bicyclic) bond motifs is 1. The van der Waals surface area contributed by atoms with E-state index < -0.39 is 6.04 Å². The summed E-state index contributed by atoms with van der Waals surface area (Å²) in [6.07, 6.45) is 6.79. The predicted molar refractivity (Wildman–Crippen MR) is 138 cm³/mol. The SMILES string of the molecule is COc1cccc([C@H](C(=O)NC2CCCCC2)N(Cc2ccco2)C(=O)Cn2nnc3ccccc32)c1. The van der Waals surface area contributed by atoms with Gasteiger partial charge in [-0.25, -0.2) is 4.68 Å². The molecule has 2 amide bonds. The van der Waals surface area contributed by atoms with Gasteiger partial charge in [0, 0.05) is 6.04 Å². The number of rotatable bonds is 9. The largest absolute Gasteiger partial charge is 0.497 e. The van der Waals surface area contributed by atoms with Crippen LogP contribution in [0.4, 0.5) is 0 Å². The van der Waals surface area contributed by atoms with E-state index in [2.05, 4.69) is 15.6 Å². The van der Waals surface area contributed by atoms with Crippen LogP contribution in [-0.2, 0) is 22.7 Å². The van der Waals surface area contributed by atoms with Crippen molar-refractivity contribution >= 4 is 22.8 Å². The van der Waals surface area contributed by atoms with Gasteiger partial charge in [0.25, 0.3) is 0 Å². The Kier molecular flexibility index (Phi) is 7.49. The van der Waals surface area contributed by atoms with Crippen molar-refractivity contribution in [2.75, 3.05) is 7.11 Å². The molecule has 1 saturated carbocycles. The summed E-state index contributed by atoms with van der Waals surface area (Å²) in [6, 6.07) is 17.5. The smallest absolute Gasteiger partial charge is 0.247 e. The van der Waals surface area contributed by atoms with E-state index in [1.54, 1.807) is 41.2 Å². The normalized spacial score (nSPS) is 14.8. The van der Waals surface area contributed by atoms with Gasteiger partial charge in [-0.3, -0.25) is 9.59 Å². The van der Waals surface area contributed by atoms with Crippen molar-refractivity contribution in [2.24, 2.45) is 0 Å². The summed E-state index contributed by atoms with van der Waals surface area (Å²) in [4.78, 5) is 29.4. The number of hydrogen-bond acceptors (Lipinski definition) is 6. The molecule has 0 saturated heterocycles. The topological polar surface area (TPSA) is 102 Å². The van der Waals surface area contributed by atoms with E-state index >= 15 is 0 Å². The van der Waals surface area contributed by atoms with Crippen LogP contribution < -0.4 is 10.1 Å². The Hall–Kier alpha value is -4.14. The van der Waals surface area contributed by atoms with Gasteiger partial charge in [-0.2, -0.15) is 0 Å². The van der Waals surface area contributed by atoms with Gasteiger partial charge in [0.05, 0.1) is 25.4 Å². The van der Waals surface area contributed by atoms with Crippen LogP contribution in [0.15, 0.2) is 71.3 Å². The van der Waals surface area contributed by atoms with Crippen LogP contribution in [0.3, 0.4) is 0 Å². The number of carbonyl (C=O) groups is 2. The third-order valence-electron chi connectivity index (χ3n) is 6.85. The zero-order valence-electron chi connectivity index (χ0n) is 20.9. The van der Waals surface area contributed by atoms with Crippen LogP contribution in [-0.4, -0.2) is 44.9 Å². The van der Waals surface area contributed by atoms with Gasteiger partial charge in [-0.15, -0.1) is 5.10 Å². The summed E-state index contributed by atoms with van der Waals surface area (Å²) in [7, 11) is 1.58. The highest BCUT2D eigenvalue weighted by molar-refractivity contribution is 5.89. The number of aromatic nitrogens is 3. The minimum atomic E-state index is -0.885. The zero-order valence-corrected chi connectivity index (χ0v) is 20.9. The van der Waals surface area contributed by atoms with Crippen molar-refractivity contribution in [2.45, 2.75) is 57.3 Å². The highest BCUT2D eigenvalue weighted by Crippen LogP contribution is 2.28. The van der Waals surface area contributed by atoms with Gasteiger partial charge >= 0.3 is 0 Å².